The first-order valence-corrected chi connectivity index (χ1v) is 7.22. The maximum atomic E-state index is 13.6. The van der Waals surface area contributed by atoms with Crippen molar-refractivity contribution in [2.75, 3.05) is 7.11 Å². The molecule has 0 aliphatic rings. The zero-order valence-corrected chi connectivity index (χ0v) is 13.0. The number of methoxy groups -OCH3 is 1. The molecule has 0 aliphatic carbocycles. The zero-order chi connectivity index (χ0) is 14.7. The van der Waals surface area contributed by atoms with Crippen LogP contribution in [0.3, 0.4) is 0 Å². The Bertz CT molecular complexity index is 599. The Hall–Kier alpha value is -1.13. The van der Waals surface area contributed by atoms with E-state index in [0.29, 0.717) is 10.8 Å². The highest BCUT2D eigenvalue weighted by molar-refractivity contribution is 9.09. The topological polar surface area (TPSA) is 9.23 Å². The molecule has 2 aromatic carbocycles. The molecule has 0 fully saturated rings. The molecular weight excluding hydrogens is 350 g/mol. The lowest BCUT2D eigenvalue weighted by Gasteiger charge is -2.14. The van der Waals surface area contributed by atoms with Crippen molar-refractivity contribution in [3.8, 4) is 5.75 Å². The van der Waals surface area contributed by atoms with Crippen LogP contribution in [-0.4, -0.2) is 7.11 Å². The molecule has 2 aromatic rings. The summed E-state index contributed by atoms with van der Waals surface area (Å²) in [4.78, 5) is -0.285. The monoisotopic (exact) mass is 360 g/mol. The fourth-order valence-corrected chi connectivity index (χ4v) is 3.06. The summed E-state index contributed by atoms with van der Waals surface area (Å²) < 4.78 is 32.3. The van der Waals surface area contributed by atoms with E-state index in [9.17, 15) is 8.78 Å². The lowest BCUT2D eigenvalue weighted by atomic mass is 10.0. The van der Waals surface area contributed by atoms with Gasteiger partial charge in [-0.05, 0) is 36.2 Å². The molecule has 0 spiro atoms. The highest BCUT2D eigenvalue weighted by Crippen LogP contribution is 2.35. The largest absolute Gasteiger partial charge is 0.497 e. The Morgan fingerprint density at radius 1 is 1.20 bits per heavy atom. The van der Waals surface area contributed by atoms with E-state index in [1.54, 1.807) is 25.3 Å². The van der Waals surface area contributed by atoms with E-state index in [1.165, 1.54) is 18.2 Å². The standard InChI is InChI=1S/C15H12BrClF2O/c1-20-9-5-6-10(13(17)7-9)12(16)8-11-14(18)3-2-4-15(11)19/h2-7,12H,8H2,1H3. The van der Waals surface area contributed by atoms with Crippen LogP contribution in [0, 0.1) is 11.6 Å². The molecule has 0 aliphatic heterocycles. The molecule has 0 radical (unpaired) electrons. The van der Waals surface area contributed by atoms with Crippen LogP contribution < -0.4 is 4.74 Å². The van der Waals surface area contributed by atoms with E-state index in [4.69, 9.17) is 16.3 Å². The number of alkyl halides is 1. The van der Waals surface area contributed by atoms with Crippen molar-refractivity contribution >= 4 is 27.5 Å². The Morgan fingerprint density at radius 2 is 1.85 bits per heavy atom. The van der Waals surface area contributed by atoms with E-state index in [0.717, 1.165) is 5.56 Å². The fourth-order valence-electron chi connectivity index (χ4n) is 1.91. The number of halogens is 4. The van der Waals surface area contributed by atoms with Gasteiger partial charge in [-0.1, -0.05) is 39.7 Å². The van der Waals surface area contributed by atoms with E-state index in [-0.39, 0.29) is 16.8 Å². The van der Waals surface area contributed by atoms with E-state index >= 15 is 0 Å². The molecule has 0 saturated heterocycles. The van der Waals surface area contributed by atoms with E-state index in [2.05, 4.69) is 15.9 Å². The Morgan fingerprint density at radius 3 is 2.40 bits per heavy atom. The predicted octanol–water partition coefficient (Wildman–Crippen LogP) is 5.31. The van der Waals surface area contributed by atoms with E-state index in [1.807, 2.05) is 0 Å². The second-order valence-electron chi connectivity index (χ2n) is 4.26. The van der Waals surface area contributed by atoms with Crippen molar-refractivity contribution in [3.63, 3.8) is 0 Å². The van der Waals surface area contributed by atoms with Crippen LogP contribution >= 0.6 is 27.5 Å². The molecule has 0 amide bonds. The number of benzene rings is 2. The van der Waals surface area contributed by atoms with Crippen LogP contribution in [0.15, 0.2) is 36.4 Å². The minimum absolute atomic E-state index is 0.0428. The van der Waals surface area contributed by atoms with Gasteiger partial charge in [-0.15, -0.1) is 0 Å². The summed E-state index contributed by atoms with van der Waals surface area (Å²) in [5, 5.41) is 0.489. The number of hydrogen-bond donors (Lipinski definition) is 0. The second kappa shape index (κ2) is 6.55. The van der Waals surface area contributed by atoms with Crippen LogP contribution in [0.1, 0.15) is 16.0 Å². The first kappa shape index (κ1) is 15.3. The molecule has 1 unspecified atom stereocenters. The normalized spacial score (nSPS) is 12.2. The molecule has 2 rings (SSSR count). The van der Waals surface area contributed by atoms with E-state index < -0.39 is 11.6 Å². The summed E-state index contributed by atoms with van der Waals surface area (Å²) in [5.41, 5.74) is 0.802. The lowest BCUT2D eigenvalue weighted by Crippen LogP contribution is -2.02. The second-order valence-corrected chi connectivity index (χ2v) is 5.77. The third-order valence-corrected chi connectivity index (χ3v) is 4.13. The van der Waals surface area contributed by atoms with Crippen molar-refractivity contribution in [1.82, 2.24) is 0 Å². The number of ether oxygens (including phenoxy) is 1. The quantitative estimate of drug-likeness (QED) is 0.671. The summed E-state index contributed by atoms with van der Waals surface area (Å²) in [6.45, 7) is 0. The molecule has 5 heteroatoms. The van der Waals surface area contributed by atoms with Gasteiger partial charge in [0.2, 0.25) is 0 Å². The summed E-state index contributed by atoms with van der Waals surface area (Å²) in [5.74, 6) is -0.478. The first-order valence-electron chi connectivity index (χ1n) is 5.93. The van der Waals surface area contributed by atoms with Gasteiger partial charge in [0.25, 0.3) is 0 Å². The molecule has 20 heavy (non-hydrogen) atoms. The first-order chi connectivity index (χ1) is 9.52. The molecule has 106 valence electrons. The van der Waals surface area contributed by atoms with Gasteiger partial charge in [-0.3, -0.25) is 0 Å². The van der Waals surface area contributed by atoms with Gasteiger partial charge in [0.05, 0.1) is 7.11 Å². The Kier molecular flexibility index (Phi) is 5.00. The minimum atomic E-state index is -0.556. The minimum Gasteiger partial charge on any atom is -0.497 e. The molecule has 1 nitrogen and oxygen atoms in total. The van der Waals surface area contributed by atoms with Crippen LogP contribution in [0.4, 0.5) is 8.78 Å². The number of rotatable bonds is 4. The fraction of sp³-hybridized carbons (Fsp3) is 0.200. The third kappa shape index (κ3) is 3.30. The van der Waals surface area contributed by atoms with Crippen molar-refractivity contribution in [2.24, 2.45) is 0 Å². The molecule has 0 bridgehead atoms. The van der Waals surface area contributed by atoms with Crippen LogP contribution in [-0.2, 0) is 6.42 Å². The SMILES string of the molecule is COc1ccc(C(Br)Cc2c(F)cccc2F)c(Cl)c1. The van der Waals surface area contributed by atoms with Gasteiger partial charge in [-0.25, -0.2) is 8.78 Å². The average molecular weight is 362 g/mol. The van der Waals surface area contributed by atoms with Crippen LogP contribution in [0.2, 0.25) is 5.02 Å². The maximum absolute atomic E-state index is 13.6. The molecule has 0 aromatic heterocycles. The molecule has 1 atom stereocenters. The van der Waals surface area contributed by atoms with Gasteiger partial charge in [0.1, 0.15) is 17.4 Å². The van der Waals surface area contributed by atoms with Gasteiger partial charge >= 0.3 is 0 Å². The Balaban J connectivity index is 2.26. The van der Waals surface area contributed by atoms with Crippen LogP contribution in [0.25, 0.3) is 0 Å². The summed E-state index contributed by atoms with van der Waals surface area (Å²) in [7, 11) is 1.55. The van der Waals surface area contributed by atoms with Crippen LogP contribution in [0.5, 0.6) is 5.75 Å². The van der Waals surface area contributed by atoms with Gasteiger partial charge in [0, 0.05) is 15.4 Å². The molecular formula is C15H12BrClF2O. The average Bonchev–Trinajstić information content (AvgIpc) is 2.42. The highest BCUT2D eigenvalue weighted by Gasteiger charge is 2.17. The Labute approximate surface area is 129 Å². The highest BCUT2D eigenvalue weighted by atomic mass is 79.9. The predicted molar refractivity (Wildman–Crippen MR) is 79.7 cm³/mol. The van der Waals surface area contributed by atoms with Crippen molar-refractivity contribution < 1.29 is 13.5 Å². The van der Waals surface area contributed by atoms with Gasteiger partial charge < -0.3 is 4.74 Å². The van der Waals surface area contributed by atoms with Gasteiger partial charge in [0.15, 0.2) is 0 Å². The van der Waals surface area contributed by atoms with Crippen molar-refractivity contribution in [2.45, 2.75) is 11.2 Å². The summed E-state index contributed by atoms with van der Waals surface area (Å²) >= 11 is 9.58. The molecule has 0 saturated carbocycles. The zero-order valence-electron chi connectivity index (χ0n) is 10.7. The summed E-state index contributed by atoms with van der Waals surface area (Å²) in [6, 6.07) is 9.04. The number of hydrogen-bond acceptors (Lipinski definition) is 1. The molecule has 0 heterocycles. The van der Waals surface area contributed by atoms with Gasteiger partial charge in [-0.2, -0.15) is 0 Å². The molecule has 0 N–H and O–H groups in total. The van der Waals surface area contributed by atoms with Crippen molar-refractivity contribution in [3.05, 3.63) is 64.2 Å². The maximum Gasteiger partial charge on any atom is 0.129 e. The third-order valence-electron chi connectivity index (χ3n) is 2.99. The summed E-state index contributed by atoms with van der Waals surface area (Å²) in [6.07, 6.45) is 0.171. The van der Waals surface area contributed by atoms with Crippen molar-refractivity contribution in [1.29, 1.82) is 0 Å². The smallest absolute Gasteiger partial charge is 0.129 e. The lowest BCUT2D eigenvalue weighted by molar-refractivity contribution is 0.414.